The van der Waals surface area contributed by atoms with E-state index in [0.717, 1.165) is 22.5 Å². The first-order chi connectivity index (χ1) is 12.6. The Bertz CT molecular complexity index is 1030. The van der Waals surface area contributed by atoms with Gasteiger partial charge in [-0.25, -0.2) is 4.68 Å². The summed E-state index contributed by atoms with van der Waals surface area (Å²) in [5, 5.41) is 11.1. The number of carbonyl (C=O) groups excluding carboxylic acids is 1. The predicted molar refractivity (Wildman–Crippen MR) is 106 cm³/mol. The van der Waals surface area contributed by atoms with Crippen molar-refractivity contribution in [2.24, 2.45) is 0 Å². The zero-order chi connectivity index (χ0) is 18.1. The molecule has 0 radical (unpaired) electrons. The molecule has 128 valence electrons. The van der Waals surface area contributed by atoms with Crippen molar-refractivity contribution in [1.82, 2.24) is 20.4 Å². The standard InChI is InChI=1S/C19H13ClN4OS/c20-14-8-6-12(7-9-14)17-13(10-16-18(25)22-19(26)21-16)11-24(23-17)15-4-2-1-3-5-15/h1-11H,(H2,21,22,25,26)/b16-10-. The normalized spacial score (nSPS) is 15.2. The van der Waals surface area contributed by atoms with Crippen LogP contribution in [0.15, 0.2) is 66.5 Å². The monoisotopic (exact) mass is 380 g/mol. The minimum absolute atomic E-state index is 0.260. The van der Waals surface area contributed by atoms with Crippen molar-refractivity contribution in [2.45, 2.75) is 0 Å². The second-order valence-electron chi connectivity index (χ2n) is 5.69. The first-order valence-corrected chi connectivity index (χ1v) is 8.64. The van der Waals surface area contributed by atoms with E-state index in [1.165, 1.54) is 0 Å². The van der Waals surface area contributed by atoms with Crippen LogP contribution in [0.3, 0.4) is 0 Å². The number of nitrogens with zero attached hydrogens (tertiary/aromatic N) is 2. The number of aromatic nitrogens is 2. The number of nitrogens with one attached hydrogen (secondary N) is 2. The van der Waals surface area contributed by atoms with Gasteiger partial charge in [-0.2, -0.15) is 5.10 Å². The van der Waals surface area contributed by atoms with Gasteiger partial charge in [0.25, 0.3) is 5.91 Å². The number of benzene rings is 2. The third-order valence-corrected chi connectivity index (χ3v) is 4.36. The number of hydrogen-bond donors (Lipinski definition) is 2. The molecule has 2 aromatic carbocycles. The molecule has 1 saturated heterocycles. The SMILES string of the molecule is O=C1NC(=S)N/C1=C\c1cn(-c2ccccc2)nc1-c1ccc(Cl)cc1. The summed E-state index contributed by atoms with van der Waals surface area (Å²) in [7, 11) is 0. The van der Waals surface area contributed by atoms with Gasteiger partial charge in [-0.3, -0.25) is 10.1 Å². The Hall–Kier alpha value is -2.96. The highest BCUT2D eigenvalue weighted by Gasteiger charge is 2.21. The average molecular weight is 381 g/mol. The molecule has 5 nitrogen and oxygen atoms in total. The predicted octanol–water partition coefficient (Wildman–Crippen LogP) is 3.54. The second-order valence-corrected chi connectivity index (χ2v) is 6.53. The molecule has 4 rings (SSSR count). The molecular weight excluding hydrogens is 368 g/mol. The highest BCUT2D eigenvalue weighted by molar-refractivity contribution is 7.80. The number of hydrogen-bond acceptors (Lipinski definition) is 3. The van der Waals surface area contributed by atoms with Crippen LogP contribution in [0, 0.1) is 0 Å². The minimum atomic E-state index is -0.260. The van der Waals surface area contributed by atoms with E-state index < -0.39 is 0 Å². The summed E-state index contributed by atoms with van der Waals surface area (Å²) in [6.45, 7) is 0. The van der Waals surface area contributed by atoms with Crippen LogP contribution < -0.4 is 10.6 Å². The lowest BCUT2D eigenvalue weighted by atomic mass is 10.1. The highest BCUT2D eigenvalue weighted by atomic mass is 35.5. The average Bonchev–Trinajstić information content (AvgIpc) is 3.20. The van der Waals surface area contributed by atoms with Crippen LogP contribution >= 0.6 is 23.8 Å². The molecule has 0 aliphatic carbocycles. The quantitative estimate of drug-likeness (QED) is 0.539. The molecule has 1 aliphatic heterocycles. The molecule has 3 aromatic rings. The van der Waals surface area contributed by atoms with E-state index in [4.69, 9.17) is 28.9 Å². The zero-order valence-corrected chi connectivity index (χ0v) is 15.0. The van der Waals surface area contributed by atoms with Crippen molar-refractivity contribution in [1.29, 1.82) is 0 Å². The summed E-state index contributed by atoms with van der Waals surface area (Å²) in [5.41, 5.74) is 3.74. The van der Waals surface area contributed by atoms with E-state index in [-0.39, 0.29) is 5.91 Å². The smallest absolute Gasteiger partial charge is 0.273 e. The molecule has 0 spiro atoms. The van der Waals surface area contributed by atoms with Gasteiger partial charge in [-0.05, 0) is 42.6 Å². The third-order valence-electron chi connectivity index (χ3n) is 3.90. The van der Waals surface area contributed by atoms with Crippen molar-refractivity contribution in [3.8, 4) is 16.9 Å². The lowest BCUT2D eigenvalue weighted by molar-refractivity contribution is -0.115. The summed E-state index contributed by atoms with van der Waals surface area (Å²) < 4.78 is 1.78. The lowest BCUT2D eigenvalue weighted by Crippen LogP contribution is -2.21. The Morgan fingerprint density at radius 1 is 1.04 bits per heavy atom. The summed E-state index contributed by atoms with van der Waals surface area (Å²) >= 11 is 11.0. The number of amides is 1. The van der Waals surface area contributed by atoms with Crippen LogP contribution in [-0.4, -0.2) is 20.8 Å². The highest BCUT2D eigenvalue weighted by Crippen LogP contribution is 2.27. The van der Waals surface area contributed by atoms with Crippen molar-refractivity contribution < 1.29 is 4.79 Å². The number of rotatable bonds is 3. The topological polar surface area (TPSA) is 59.0 Å². The van der Waals surface area contributed by atoms with Crippen molar-refractivity contribution in [2.75, 3.05) is 0 Å². The summed E-state index contributed by atoms with van der Waals surface area (Å²) in [5.74, 6) is -0.260. The van der Waals surface area contributed by atoms with E-state index in [1.807, 2.05) is 60.8 Å². The summed E-state index contributed by atoms with van der Waals surface area (Å²) in [6.07, 6.45) is 3.62. The van der Waals surface area contributed by atoms with E-state index in [1.54, 1.807) is 10.8 Å². The van der Waals surface area contributed by atoms with Gasteiger partial charge in [0.15, 0.2) is 5.11 Å². The molecule has 2 N–H and O–H groups in total. The Kier molecular flexibility index (Phi) is 4.28. The molecule has 7 heteroatoms. The number of halogens is 1. The van der Waals surface area contributed by atoms with Gasteiger partial charge in [0, 0.05) is 22.3 Å². The molecule has 26 heavy (non-hydrogen) atoms. The third kappa shape index (κ3) is 3.24. The van der Waals surface area contributed by atoms with E-state index in [0.29, 0.717) is 15.8 Å². The fourth-order valence-electron chi connectivity index (χ4n) is 2.68. The van der Waals surface area contributed by atoms with Crippen molar-refractivity contribution >= 4 is 40.9 Å². The Balaban J connectivity index is 1.84. The molecule has 0 unspecified atom stereocenters. The fourth-order valence-corrected chi connectivity index (χ4v) is 3.00. The first-order valence-electron chi connectivity index (χ1n) is 7.85. The largest absolute Gasteiger partial charge is 0.328 e. The molecule has 0 bridgehead atoms. The van der Waals surface area contributed by atoms with Gasteiger partial charge < -0.3 is 5.32 Å². The Labute approximate surface area is 160 Å². The number of thiocarbonyl (C=S) groups is 1. The molecule has 0 saturated carbocycles. The lowest BCUT2D eigenvalue weighted by Gasteiger charge is -2.01. The van der Waals surface area contributed by atoms with Crippen LogP contribution in [0.4, 0.5) is 0 Å². The maximum Gasteiger partial charge on any atom is 0.273 e. The van der Waals surface area contributed by atoms with Crippen LogP contribution in [0.1, 0.15) is 5.56 Å². The second kappa shape index (κ2) is 6.74. The van der Waals surface area contributed by atoms with Gasteiger partial charge in [-0.15, -0.1) is 0 Å². The van der Waals surface area contributed by atoms with Gasteiger partial charge in [-0.1, -0.05) is 41.9 Å². The Morgan fingerprint density at radius 3 is 2.42 bits per heavy atom. The minimum Gasteiger partial charge on any atom is -0.328 e. The maximum absolute atomic E-state index is 12.0. The molecule has 1 fully saturated rings. The van der Waals surface area contributed by atoms with E-state index in [9.17, 15) is 4.79 Å². The van der Waals surface area contributed by atoms with Crippen molar-refractivity contribution in [3.05, 3.63) is 77.1 Å². The van der Waals surface area contributed by atoms with Crippen LogP contribution in [0.2, 0.25) is 5.02 Å². The summed E-state index contributed by atoms with van der Waals surface area (Å²) in [4.78, 5) is 12.0. The van der Waals surface area contributed by atoms with Gasteiger partial charge >= 0.3 is 0 Å². The molecule has 1 aliphatic rings. The van der Waals surface area contributed by atoms with E-state index in [2.05, 4.69) is 10.6 Å². The molecule has 1 aromatic heterocycles. The molecule has 0 atom stereocenters. The number of para-hydroxylation sites is 1. The van der Waals surface area contributed by atoms with Crippen LogP contribution in [0.25, 0.3) is 23.0 Å². The first kappa shape index (κ1) is 16.5. The van der Waals surface area contributed by atoms with Gasteiger partial charge in [0.2, 0.25) is 0 Å². The van der Waals surface area contributed by atoms with Gasteiger partial charge in [0.05, 0.1) is 5.69 Å². The molecular formula is C19H13ClN4OS. The Morgan fingerprint density at radius 2 is 1.77 bits per heavy atom. The maximum atomic E-state index is 12.0. The molecule has 2 heterocycles. The van der Waals surface area contributed by atoms with Crippen molar-refractivity contribution in [3.63, 3.8) is 0 Å². The fraction of sp³-hybridized carbons (Fsp3) is 0. The molecule has 1 amide bonds. The number of carbonyl (C=O) groups is 1. The van der Waals surface area contributed by atoms with E-state index >= 15 is 0 Å². The van der Waals surface area contributed by atoms with Gasteiger partial charge in [0.1, 0.15) is 11.4 Å². The summed E-state index contributed by atoms with van der Waals surface area (Å²) in [6, 6.07) is 17.2. The zero-order valence-electron chi connectivity index (χ0n) is 13.4. The van der Waals surface area contributed by atoms with Crippen LogP contribution in [-0.2, 0) is 4.79 Å². The van der Waals surface area contributed by atoms with Crippen LogP contribution in [0.5, 0.6) is 0 Å².